The van der Waals surface area contributed by atoms with Crippen LogP contribution >= 0.6 is 0 Å². The van der Waals surface area contributed by atoms with Crippen LogP contribution in [0.4, 0.5) is 0 Å². The first-order chi connectivity index (χ1) is 6.24. The lowest BCUT2D eigenvalue weighted by molar-refractivity contribution is 0.250. The maximum atomic E-state index is 9.39. The summed E-state index contributed by atoms with van der Waals surface area (Å²) in [4.78, 5) is 0. The second-order valence-electron chi connectivity index (χ2n) is 3.09. The third-order valence-electron chi connectivity index (χ3n) is 1.91. The first-order valence-corrected chi connectivity index (χ1v) is 4.35. The monoisotopic (exact) mass is 181 g/mol. The predicted octanol–water partition coefficient (Wildman–Crippen LogP) is 0.863. The van der Waals surface area contributed by atoms with Crippen LogP contribution in [0.1, 0.15) is 12.5 Å². The van der Waals surface area contributed by atoms with Gasteiger partial charge >= 0.3 is 0 Å². The summed E-state index contributed by atoms with van der Waals surface area (Å²) in [6.45, 7) is 2.57. The molecule has 1 aromatic carbocycles. The van der Waals surface area contributed by atoms with Gasteiger partial charge in [0.05, 0.1) is 6.61 Å². The van der Waals surface area contributed by atoms with Crippen LogP contribution < -0.4 is 5.32 Å². The summed E-state index contributed by atoms with van der Waals surface area (Å²) in [7, 11) is 0. The largest absolute Gasteiger partial charge is 0.508 e. The molecule has 3 nitrogen and oxygen atoms in total. The van der Waals surface area contributed by atoms with Gasteiger partial charge in [0, 0.05) is 18.2 Å². The average molecular weight is 181 g/mol. The van der Waals surface area contributed by atoms with E-state index in [1.54, 1.807) is 12.1 Å². The van der Waals surface area contributed by atoms with Gasteiger partial charge in [-0.1, -0.05) is 18.2 Å². The molecular weight excluding hydrogens is 166 g/mol. The first-order valence-electron chi connectivity index (χ1n) is 4.35. The lowest BCUT2D eigenvalue weighted by Gasteiger charge is -2.11. The van der Waals surface area contributed by atoms with E-state index in [-0.39, 0.29) is 12.6 Å². The molecule has 0 radical (unpaired) electrons. The molecule has 0 fully saturated rings. The maximum Gasteiger partial charge on any atom is 0.120 e. The normalized spacial score (nSPS) is 12.8. The maximum absolute atomic E-state index is 9.39. The average Bonchev–Trinajstić information content (AvgIpc) is 2.16. The van der Waals surface area contributed by atoms with Crippen molar-refractivity contribution in [3.8, 4) is 5.75 Å². The smallest absolute Gasteiger partial charge is 0.120 e. The lowest BCUT2D eigenvalue weighted by Crippen LogP contribution is -2.28. The van der Waals surface area contributed by atoms with E-state index in [2.05, 4.69) is 5.32 Å². The molecule has 0 amide bonds. The number of para-hydroxylation sites is 1. The molecule has 0 spiro atoms. The topological polar surface area (TPSA) is 52.5 Å². The Bertz CT molecular complexity index is 263. The second-order valence-corrected chi connectivity index (χ2v) is 3.09. The molecular formula is C10H15NO2. The van der Waals surface area contributed by atoms with Crippen molar-refractivity contribution in [3.05, 3.63) is 29.8 Å². The summed E-state index contributed by atoms with van der Waals surface area (Å²) in [5.41, 5.74) is 0.850. The SMILES string of the molecule is CC(CO)NCc1ccccc1O. The van der Waals surface area contributed by atoms with Crippen LogP contribution in [-0.4, -0.2) is 22.9 Å². The van der Waals surface area contributed by atoms with Gasteiger partial charge in [-0.05, 0) is 13.0 Å². The fourth-order valence-corrected chi connectivity index (χ4v) is 1.01. The van der Waals surface area contributed by atoms with Gasteiger partial charge in [0.2, 0.25) is 0 Å². The highest BCUT2D eigenvalue weighted by Crippen LogP contribution is 2.14. The number of aliphatic hydroxyl groups is 1. The summed E-state index contributed by atoms with van der Waals surface area (Å²) >= 11 is 0. The molecule has 0 aliphatic carbocycles. The third kappa shape index (κ3) is 3.05. The van der Waals surface area contributed by atoms with Crippen molar-refractivity contribution in [2.24, 2.45) is 0 Å². The molecule has 0 aromatic heterocycles. The van der Waals surface area contributed by atoms with Crippen molar-refractivity contribution < 1.29 is 10.2 Å². The van der Waals surface area contributed by atoms with Crippen LogP contribution in [0.2, 0.25) is 0 Å². The van der Waals surface area contributed by atoms with Crippen molar-refractivity contribution in [3.63, 3.8) is 0 Å². The van der Waals surface area contributed by atoms with Crippen LogP contribution in [0, 0.1) is 0 Å². The van der Waals surface area contributed by atoms with Crippen LogP contribution in [0.15, 0.2) is 24.3 Å². The van der Waals surface area contributed by atoms with Gasteiger partial charge < -0.3 is 15.5 Å². The minimum absolute atomic E-state index is 0.0552. The van der Waals surface area contributed by atoms with E-state index in [1.807, 2.05) is 19.1 Å². The Hall–Kier alpha value is -1.06. The number of rotatable bonds is 4. The third-order valence-corrected chi connectivity index (χ3v) is 1.91. The number of hydrogen-bond donors (Lipinski definition) is 3. The molecule has 1 rings (SSSR count). The van der Waals surface area contributed by atoms with Crippen molar-refractivity contribution in [2.75, 3.05) is 6.61 Å². The molecule has 0 heterocycles. The van der Waals surface area contributed by atoms with E-state index < -0.39 is 0 Å². The molecule has 0 saturated carbocycles. The summed E-state index contributed by atoms with van der Waals surface area (Å²) in [6, 6.07) is 7.22. The molecule has 0 aliphatic heterocycles. The van der Waals surface area contributed by atoms with Gasteiger partial charge in [-0.2, -0.15) is 0 Å². The van der Waals surface area contributed by atoms with E-state index in [4.69, 9.17) is 5.11 Å². The highest BCUT2D eigenvalue weighted by atomic mass is 16.3. The van der Waals surface area contributed by atoms with Crippen LogP contribution in [0.5, 0.6) is 5.75 Å². The number of phenols is 1. The molecule has 1 aromatic rings. The van der Waals surface area contributed by atoms with E-state index in [1.165, 1.54) is 0 Å². The molecule has 13 heavy (non-hydrogen) atoms. The number of aliphatic hydroxyl groups excluding tert-OH is 1. The minimum atomic E-state index is 0.0552. The summed E-state index contributed by atoms with van der Waals surface area (Å²) in [5.74, 6) is 0.292. The predicted molar refractivity (Wildman–Crippen MR) is 51.5 cm³/mol. The van der Waals surface area contributed by atoms with E-state index in [9.17, 15) is 5.11 Å². The molecule has 1 atom stereocenters. The first kappa shape index (κ1) is 10.0. The fraction of sp³-hybridized carbons (Fsp3) is 0.400. The molecule has 3 N–H and O–H groups in total. The molecule has 0 bridgehead atoms. The summed E-state index contributed by atoms with van der Waals surface area (Å²) < 4.78 is 0. The fourth-order valence-electron chi connectivity index (χ4n) is 1.01. The van der Waals surface area contributed by atoms with E-state index in [0.717, 1.165) is 5.56 Å². The zero-order valence-corrected chi connectivity index (χ0v) is 7.70. The van der Waals surface area contributed by atoms with Gasteiger partial charge in [0.25, 0.3) is 0 Å². The van der Waals surface area contributed by atoms with Gasteiger partial charge in [-0.25, -0.2) is 0 Å². The lowest BCUT2D eigenvalue weighted by atomic mass is 10.2. The number of benzene rings is 1. The number of nitrogens with one attached hydrogen (secondary N) is 1. The number of phenolic OH excluding ortho intramolecular Hbond substituents is 1. The van der Waals surface area contributed by atoms with Crippen LogP contribution in [0.25, 0.3) is 0 Å². The van der Waals surface area contributed by atoms with Gasteiger partial charge in [-0.3, -0.25) is 0 Å². The van der Waals surface area contributed by atoms with Crippen molar-refractivity contribution >= 4 is 0 Å². The van der Waals surface area contributed by atoms with Crippen LogP contribution in [-0.2, 0) is 6.54 Å². The molecule has 3 heteroatoms. The quantitative estimate of drug-likeness (QED) is 0.646. The zero-order valence-electron chi connectivity index (χ0n) is 7.70. The number of aromatic hydroxyl groups is 1. The van der Waals surface area contributed by atoms with Crippen molar-refractivity contribution in [2.45, 2.75) is 19.5 Å². The highest BCUT2D eigenvalue weighted by Gasteiger charge is 2.01. The molecule has 0 saturated heterocycles. The summed E-state index contributed by atoms with van der Waals surface area (Å²) in [6.07, 6.45) is 0. The van der Waals surface area contributed by atoms with Crippen molar-refractivity contribution in [1.29, 1.82) is 0 Å². The van der Waals surface area contributed by atoms with Gasteiger partial charge in [0.1, 0.15) is 5.75 Å². The Morgan fingerprint density at radius 1 is 1.38 bits per heavy atom. The second kappa shape index (κ2) is 4.84. The Morgan fingerprint density at radius 2 is 2.08 bits per heavy atom. The van der Waals surface area contributed by atoms with Gasteiger partial charge in [-0.15, -0.1) is 0 Å². The minimum Gasteiger partial charge on any atom is -0.508 e. The van der Waals surface area contributed by atoms with E-state index in [0.29, 0.717) is 12.3 Å². The van der Waals surface area contributed by atoms with Gasteiger partial charge in [0.15, 0.2) is 0 Å². The van der Waals surface area contributed by atoms with Crippen LogP contribution in [0.3, 0.4) is 0 Å². The Kier molecular flexibility index (Phi) is 3.73. The Morgan fingerprint density at radius 3 is 2.69 bits per heavy atom. The Balaban J connectivity index is 2.50. The Labute approximate surface area is 78.0 Å². The standard InChI is InChI=1S/C10H15NO2/c1-8(7-12)11-6-9-4-2-3-5-10(9)13/h2-5,8,11-13H,6-7H2,1H3. The highest BCUT2D eigenvalue weighted by molar-refractivity contribution is 5.31. The number of hydrogen-bond acceptors (Lipinski definition) is 3. The summed E-state index contributed by atoms with van der Waals surface area (Å²) in [5, 5.41) is 21.2. The zero-order chi connectivity index (χ0) is 9.68. The molecule has 72 valence electrons. The molecule has 0 aliphatic rings. The van der Waals surface area contributed by atoms with E-state index >= 15 is 0 Å². The van der Waals surface area contributed by atoms with Crippen molar-refractivity contribution in [1.82, 2.24) is 5.32 Å². The molecule has 1 unspecified atom stereocenters.